The average molecular weight is 622 g/mol. The van der Waals surface area contributed by atoms with Gasteiger partial charge in [0.05, 0.1) is 12.7 Å². The number of carbonyl (C=O) groups is 2. The van der Waals surface area contributed by atoms with Gasteiger partial charge in [0.15, 0.2) is 0 Å². The number of aliphatic hydroxyl groups is 1. The molecule has 2 amide bonds. The molecule has 2 N–H and O–H groups in total. The molecule has 2 rings (SSSR count). The number of halogens is 6. The van der Waals surface area contributed by atoms with Gasteiger partial charge in [0.1, 0.15) is 11.3 Å². The first-order valence-electron chi connectivity index (χ1n) is 13.7. The normalized spacial score (nSPS) is 13.9. The van der Waals surface area contributed by atoms with E-state index in [1.165, 1.54) is 6.20 Å². The molecule has 0 radical (unpaired) electrons. The lowest BCUT2D eigenvalue weighted by atomic mass is 9.90. The summed E-state index contributed by atoms with van der Waals surface area (Å²) in [6.45, 7) is 7.01. The molecular weight excluding hydrogens is 584 g/mol. The predicted molar refractivity (Wildman–Crippen MR) is 145 cm³/mol. The number of hydrogen-bond acceptors (Lipinski definition) is 7. The fourth-order valence-corrected chi connectivity index (χ4v) is 4.32. The number of nitrogens with zero attached hydrogens (tertiary/aromatic N) is 2. The van der Waals surface area contributed by atoms with Gasteiger partial charge in [-0.1, -0.05) is 19.4 Å². The number of aryl methyl sites for hydroxylation is 1. The molecule has 0 fully saturated rings. The molecule has 240 valence electrons. The average Bonchev–Trinajstić information content (AvgIpc) is 2.93. The van der Waals surface area contributed by atoms with Crippen LogP contribution in [0.1, 0.15) is 63.6 Å². The van der Waals surface area contributed by atoms with Crippen molar-refractivity contribution in [1.29, 1.82) is 0 Å². The number of ether oxygens (including phenoxy) is 2. The van der Waals surface area contributed by atoms with E-state index in [0.29, 0.717) is 49.2 Å². The van der Waals surface area contributed by atoms with E-state index < -0.39 is 35.0 Å². The van der Waals surface area contributed by atoms with Crippen LogP contribution in [-0.4, -0.2) is 66.0 Å². The Kier molecular flexibility index (Phi) is 12.0. The molecule has 1 heterocycles. The summed E-state index contributed by atoms with van der Waals surface area (Å²) in [5.74, 6) is -0.0846. The highest BCUT2D eigenvalue weighted by atomic mass is 19.4. The lowest BCUT2D eigenvalue weighted by Gasteiger charge is -2.33. The van der Waals surface area contributed by atoms with Crippen molar-refractivity contribution >= 4 is 12.3 Å². The van der Waals surface area contributed by atoms with E-state index in [2.05, 4.69) is 10.3 Å². The summed E-state index contributed by atoms with van der Waals surface area (Å²) in [5.41, 5.74) is -7.10. The van der Waals surface area contributed by atoms with E-state index in [4.69, 9.17) is 9.47 Å². The Bertz CT molecular complexity index is 1210. The zero-order chi connectivity index (χ0) is 32.6. The Morgan fingerprint density at radius 1 is 1.07 bits per heavy atom. The molecule has 0 saturated carbocycles. The van der Waals surface area contributed by atoms with Crippen molar-refractivity contribution in [2.45, 2.75) is 83.0 Å². The molecule has 0 aliphatic carbocycles. The fraction of sp³-hybridized carbons (Fsp3) is 0.552. The zero-order valence-corrected chi connectivity index (χ0v) is 24.6. The summed E-state index contributed by atoms with van der Waals surface area (Å²) in [7, 11) is 1.57. The highest BCUT2D eigenvalue weighted by Gasteiger charge is 2.71. The predicted octanol–water partition coefficient (Wildman–Crippen LogP) is 5.41. The molecule has 0 saturated heterocycles. The molecule has 43 heavy (non-hydrogen) atoms. The Balaban J connectivity index is 2.08. The number of benzene rings is 1. The number of nitrogens with one attached hydrogen (secondary N) is 1. The van der Waals surface area contributed by atoms with Gasteiger partial charge in [-0.2, -0.15) is 26.3 Å². The van der Waals surface area contributed by atoms with Crippen LogP contribution >= 0.6 is 0 Å². The topological polar surface area (TPSA) is 101 Å². The minimum Gasteiger partial charge on any atom is -0.493 e. The molecule has 1 aromatic carbocycles. The molecule has 0 aliphatic rings. The maximum atomic E-state index is 13.3. The first-order valence-corrected chi connectivity index (χ1v) is 13.7. The van der Waals surface area contributed by atoms with Crippen LogP contribution in [0.2, 0.25) is 0 Å². The number of amides is 2. The molecule has 14 heteroatoms. The van der Waals surface area contributed by atoms with E-state index in [0.717, 1.165) is 11.0 Å². The van der Waals surface area contributed by atoms with Crippen LogP contribution in [-0.2, 0) is 27.1 Å². The Hall–Kier alpha value is -3.39. The first kappa shape index (κ1) is 35.8. The fourth-order valence-electron chi connectivity index (χ4n) is 4.32. The van der Waals surface area contributed by atoms with Crippen molar-refractivity contribution in [2.24, 2.45) is 0 Å². The van der Waals surface area contributed by atoms with E-state index in [9.17, 15) is 41.0 Å². The van der Waals surface area contributed by atoms with Crippen LogP contribution in [0.4, 0.5) is 26.3 Å². The second kappa shape index (κ2) is 14.4. The monoisotopic (exact) mass is 621 g/mol. The first-order chi connectivity index (χ1) is 20.0. The molecule has 1 aromatic heterocycles. The summed E-state index contributed by atoms with van der Waals surface area (Å²) in [6, 6.07) is 5.44. The standard InChI is InChI=1S/C29H37F6N3O5/c1-6-9-20-16-21(27(41,28(30,31)32)29(33,34)35)10-12-23(20)42-15-8-7-14-38(18-39)25(40)26(4,36-5)22-11-13-24(37-17-22)43-19(2)3/h10-13,16-19,36,41H,6-9,14-15H2,1-5H3. The van der Waals surface area contributed by atoms with Gasteiger partial charge in [-0.25, -0.2) is 4.98 Å². The molecule has 1 unspecified atom stereocenters. The summed E-state index contributed by atoms with van der Waals surface area (Å²) < 4.78 is 91.1. The van der Waals surface area contributed by atoms with Gasteiger partial charge >= 0.3 is 12.4 Å². The summed E-state index contributed by atoms with van der Waals surface area (Å²) >= 11 is 0. The number of pyridine rings is 1. The van der Waals surface area contributed by atoms with Crippen molar-refractivity contribution in [3.8, 4) is 11.6 Å². The Morgan fingerprint density at radius 2 is 1.70 bits per heavy atom. The largest absolute Gasteiger partial charge is 0.493 e. The van der Waals surface area contributed by atoms with E-state index in [-0.39, 0.29) is 37.0 Å². The number of aromatic nitrogens is 1. The minimum absolute atomic E-state index is 0.00425. The number of carbonyl (C=O) groups excluding carboxylic acids is 2. The van der Waals surface area contributed by atoms with Crippen LogP contribution in [0.15, 0.2) is 36.5 Å². The van der Waals surface area contributed by atoms with Gasteiger partial charge < -0.3 is 19.9 Å². The second-order valence-corrected chi connectivity index (χ2v) is 10.4. The van der Waals surface area contributed by atoms with Crippen LogP contribution in [0.25, 0.3) is 0 Å². The third-order valence-electron chi connectivity index (χ3n) is 6.85. The van der Waals surface area contributed by atoms with Crippen molar-refractivity contribution in [2.75, 3.05) is 20.2 Å². The van der Waals surface area contributed by atoms with Gasteiger partial charge in [0, 0.05) is 24.4 Å². The van der Waals surface area contributed by atoms with Crippen LogP contribution in [0.5, 0.6) is 11.6 Å². The van der Waals surface area contributed by atoms with Crippen molar-refractivity contribution in [1.82, 2.24) is 15.2 Å². The lowest BCUT2D eigenvalue weighted by molar-refractivity contribution is -0.376. The van der Waals surface area contributed by atoms with Crippen molar-refractivity contribution in [3.05, 3.63) is 53.2 Å². The van der Waals surface area contributed by atoms with Gasteiger partial charge in [0.2, 0.25) is 12.3 Å². The molecule has 0 aliphatic heterocycles. The minimum atomic E-state index is -6.00. The molecular formula is C29H37F6N3O5. The van der Waals surface area contributed by atoms with Crippen molar-refractivity contribution in [3.63, 3.8) is 0 Å². The number of imide groups is 1. The number of rotatable bonds is 15. The van der Waals surface area contributed by atoms with Crippen molar-refractivity contribution < 1.29 is 50.5 Å². The highest BCUT2D eigenvalue weighted by Crippen LogP contribution is 2.50. The van der Waals surface area contributed by atoms with Gasteiger partial charge in [0.25, 0.3) is 11.5 Å². The van der Waals surface area contributed by atoms with E-state index in [1.807, 2.05) is 13.8 Å². The van der Waals surface area contributed by atoms with Gasteiger partial charge in [-0.3, -0.25) is 14.5 Å². The molecule has 0 bridgehead atoms. The van der Waals surface area contributed by atoms with Crippen LogP contribution < -0.4 is 14.8 Å². The Labute approximate surface area is 246 Å². The lowest BCUT2D eigenvalue weighted by Crippen LogP contribution is -2.53. The zero-order valence-electron chi connectivity index (χ0n) is 24.6. The summed E-state index contributed by atoms with van der Waals surface area (Å²) in [5, 5.41) is 12.7. The maximum Gasteiger partial charge on any atom is 0.430 e. The maximum absolute atomic E-state index is 13.3. The Morgan fingerprint density at radius 3 is 2.19 bits per heavy atom. The van der Waals surface area contributed by atoms with Crippen LogP contribution in [0, 0.1) is 0 Å². The molecule has 0 spiro atoms. The van der Waals surface area contributed by atoms with E-state index >= 15 is 0 Å². The smallest absolute Gasteiger partial charge is 0.430 e. The SMILES string of the molecule is CCCc1cc(C(O)(C(F)(F)F)C(F)(F)F)ccc1OCCCCN(C=O)C(=O)C(C)(NC)c1ccc(OC(C)C)nc1. The third kappa shape index (κ3) is 8.17. The molecule has 1 atom stereocenters. The number of alkyl halides is 6. The molecule has 2 aromatic rings. The number of hydrogen-bond donors (Lipinski definition) is 2. The van der Waals surface area contributed by atoms with E-state index in [1.54, 1.807) is 33.0 Å². The second-order valence-electron chi connectivity index (χ2n) is 10.4. The third-order valence-corrected chi connectivity index (χ3v) is 6.85. The van der Waals surface area contributed by atoms with Crippen LogP contribution in [0.3, 0.4) is 0 Å². The molecule has 8 nitrogen and oxygen atoms in total. The summed E-state index contributed by atoms with van der Waals surface area (Å²) in [6.07, 6.45) is -9.10. The number of likely N-dealkylation sites (N-methyl/N-ethyl adjacent to an activating group) is 1. The highest BCUT2D eigenvalue weighted by molar-refractivity contribution is 5.94. The number of unbranched alkanes of at least 4 members (excludes halogenated alkanes) is 1. The quantitative estimate of drug-likeness (QED) is 0.156. The summed E-state index contributed by atoms with van der Waals surface area (Å²) in [4.78, 5) is 30.3. The van der Waals surface area contributed by atoms with Gasteiger partial charge in [-0.05, 0) is 76.4 Å². The van der Waals surface area contributed by atoms with Gasteiger partial charge in [-0.15, -0.1) is 0 Å².